The first kappa shape index (κ1) is 17.7. The van der Waals surface area contributed by atoms with E-state index in [1.54, 1.807) is 0 Å². The number of anilines is 1. The maximum Gasteiger partial charge on any atom is 0.226 e. The third-order valence-corrected chi connectivity index (χ3v) is 5.25. The zero-order chi connectivity index (χ0) is 19.0. The number of oxazole rings is 1. The average Bonchev–Trinajstić information content (AvgIpc) is 3.31. The van der Waals surface area contributed by atoms with E-state index in [9.17, 15) is 0 Å². The Labute approximate surface area is 160 Å². The highest BCUT2D eigenvalue weighted by molar-refractivity contribution is 5.62. The van der Waals surface area contributed by atoms with Crippen LogP contribution in [0.4, 0.5) is 5.95 Å². The Morgan fingerprint density at radius 1 is 1.11 bits per heavy atom. The van der Waals surface area contributed by atoms with Crippen LogP contribution in [0.2, 0.25) is 0 Å². The van der Waals surface area contributed by atoms with Crippen molar-refractivity contribution in [2.75, 3.05) is 11.4 Å². The summed E-state index contributed by atoms with van der Waals surface area (Å²) in [6, 6.07) is 10.4. The van der Waals surface area contributed by atoms with Gasteiger partial charge in [-0.05, 0) is 32.3 Å². The Bertz CT molecular complexity index is 933. The van der Waals surface area contributed by atoms with Gasteiger partial charge in [-0.15, -0.1) is 0 Å². The van der Waals surface area contributed by atoms with E-state index in [1.165, 1.54) is 0 Å². The molecule has 0 N–H and O–H groups in total. The van der Waals surface area contributed by atoms with Crippen LogP contribution in [-0.2, 0) is 0 Å². The van der Waals surface area contributed by atoms with Crippen LogP contribution in [0.1, 0.15) is 61.6 Å². The quantitative estimate of drug-likeness (QED) is 0.637. The van der Waals surface area contributed by atoms with Gasteiger partial charge >= 0.3 is 0 Å². The summed E-state index contributed by atoms with van der Waals surface area (Å²) in [5.74, 6) is 2.77. The molecule has 0 spiro atoms. The van der Waals surface area contributed by atoms with Crippen molar-refractivity contribution in [2.45, 2.75) is 52.5 Å². The topological polar surface area (TPSA) is 55.1 Å². The molecule has 1 aliphatic heterocycles. The number of hydrogen-bond acceptors (Lipinski definition) is 5. The van der Waals surface area contributed by atoms with Crippen LogP contribution >= 0.6 is 0 Å². The van der Waals surface area contributed by atoms with Gasteiger partial charge in [0.15, 0.2) is 0 Å². The van der Waals surface area contributed by atoms with Crippen molar-refractivity contribution >= 4 is 5.95 Å². The van der Waals surface area contributed by atoms with Gasteiger partial charge in [-0.3, -0.25) is 0 Å². The molecular formula is C22H26N4O. The first-order chi connectivity index (χ1) is 13.0. The van der Waals surface area contributed by atoms with Crippen LogP contribution in [0, 0.1) is 13.8 Å². The third kappa shape index (κ3) is 3.34. The Morgan fingerprint density at radius 2 is 1.89 bits per heavy atom. The second kappa shape index (κ2) is 7.14. The highest BCUT2D eigenvalue weighted by atomic mass is 16.4. The van der Waals surface area contributed by atoms with E-state index >= 15 is 0 Å². The van der Waals surface area contributed by atoms with Crippen molar-refractivity contribution in [3.8, 4) is 11.3 Å². The van der Waals surface area contributed by atoms with Gasteiger partial charge in [-0.25, -0.2) is 15.0 Å². The van der Waals surface area contributed by atoms with Crippen molar-refractivity contribution < 1.29 is 4.42 Å². The molecule has 1 unspecified atom stereocenters. The molecule has 0 bridgehead atoms. The fourth-order valence-electron chi connectivity index (χ4n) is 3.60. The Morgan fingerprint density at radius 3 is 2.59 bits per heavy atom. The first-order valence-corrected chi connectivity index (χ1v) is 9.67. The van der Waals surface area contributed by atoms with Crippen molar-refractivity contribution in [1.29, 1.82) is 0 Å². The normalized spacial score (nSPS) is 17.1. The van der Waals surface area contributed by atoms with E-state index in [2.05, 4.69) is 35.9 Å². The molecule has 5 nitrogen and oxygen atoms in total. The monoisotopic (exact) mass is 362 g/mol. The zero-order valence-electron chi connectivity index (χ0n) is 16.4. The molecule has 3 heterocycles. The predicted molar refractivity (Wildman–Crippen MR) is 107 cm³/mol. The summed E-state index contributed by atoms with van der Waals surface area (Å²) in [6.45, 7) is 9.29. The largest absolute Gasteiger partial charge is 0.442 e. The van der Waals surface area contributed by atoms with E-state index in [4.69, 9.17) is 14.4 Å². The lowest BCUT2D eigenvalue weighted by Gasteiger charge is -2.22. The Kier molecular flexibility index (Phi) is 4.68. The maximum absolute atomic E-state index is 6.31. The van der Waals surface area contributed by atoms with Crippen molar-refractivity contribution in [2.24, 2.45) is 0 Å². The standard InChI is InChI=1S/C22H26N4O/c1-14(2)20-19(17-9-6-5-7-10-17)25-21(27-20)18-11-8-12-26(18)22-23-13-15(3)16(4)24-22/h5-7,9-10,13-14,18H,8,11-12H2,1-4H3. The van der Waals surface area contributed by atoms with Crippen LogP contribution < -0.4 is 4.90 Å². The summed E-state index contributed by atoms with van der Waals surface area (Å²) in [6.07, 6.45) is 3.99. The second-order valence-corrected chi connectivity index (χ2v) is 7.58. The molecule has 1 saturated heterocycles. The minimum atomic E-state index is 0.0852. The summed E-state index contributed by atoms with van der Waals surface area (Å²) in [7, 11) is 0. The van der Waals surface area contributed by atoms with E-state index in [-0.39, 0.29) is 12.0 Å². The third-order valence-electron chi connectivity index (χ3n) is 5.25. The van der Waals surface area contributed by atoms with Crippen molar-refractivity contribution in [3.05, 3.63) is 59.4 Å². The van der Waals surface area contributed by atoms with Gasteiger partial charge in [-0.2, -0.15) is 0 Å². The number of benzene rings is 1. The molecule has 1 aliphatic rings. The molecule has 5 heteroatoms. The molecule has 2 aromatic heterocycles. The highest BCUT2D eigenvalue weighted by Crippen LogP contribution is 2.38. The van der Waals surface area contributed by atoms with Gasteiger partial charge in [0.2, 0.25) is 11.8 Å². The van der Waals surface area contributed by atoms with Gasteiger partial charge in [0.05, 0.1) is 0 Å². The molecule has 3 aromatic rings. The summed E-state index contributed by atoms with van der Waals surface area (Å²) < 4.78 is 6.31. The molecule has 4 rings (SSSR count). The highest BCUT2D eigenvalue weighted by Gasteiger charge is 2.33. The van der Waals surface area contributed by atoms with E-state index < -0.39 is 0 Å². The van der Waals surface area contributed by atoms with Crippen molar-refractivity contribution in [1.82, 2.24) is 15.0 Å². The number of rotatable bonds is 4. The Balaban J connectivity index is 1.73. The number of aromatic nitrogens is 3. The minimum Gasteiger partial charge on any atom is -0.442 e. The lowest BCUT2D eigenvalue weighted by Crippen LogP contribution is -2.25. The molecule has 0 radical (unpaired) electrons. The lowest BCUT2D eigenvalue weighted by atomic mass is 10.0. The lowest BCUT2D eigenvalue weighted by molar-refractivity contribution is 0.407. The smallest absolute Gasteiger partial charge is 0.226 e. The molecule has 1 fully saturated rings. The minimum absolute atomic E-state index is 0.0852. The van der Waals surface area contributed by atoms with Crippen LogP contribution in [0.25, 0.3) is 11.3 Å². The zero-order valence-corrected chi connectivity index (χ0v) is 16.4. The predicted octanol–water partition coefficient (Wildman–Crippen LogP) is 5.21. The van der Waals surface area contributed by atoms with E-state index in [0.717, 1.165) is 59.5 Å². The molecular weight excluding hydrogens is 336 g/mol. The first-order valence-electron chi connectivity index (χ1n) is 9.67. The summed E-state index contributed by atoms with van der Waals surface area (Å²) >= 11 is 0. The number of hydrogen-bond donors (Lipinski definition) is 0. The summed E-state index contributed by atoms with van der Waals surface area (Å²) in [5, 5.41) is 0. The van der Waals surface area contributed by atoms with E-state index in [0.29, 0.717) is 0 Å². The molecule has 1 aromatic carbocycles. The fraction of sp³-hybridized carbons (Fsp3) is 0.409. The molecule has 0 saturated carbocycles. The van der Waals surface area contributed by atoms with Gasteiger partial charge in [-0.1, -0.05) is 44.2 Å². The summed E-state index contributed by atoms with van der Waals surface area (Å²) in [4.78, 5) is 16.4. The molecule has 0 aliphatic carbocycles. The SMILES string of the molecule is Cc1cnc(N2CCCC2c2nc(-c3ccccc3)c(C(C)C)o2)nc1C. The van der Waals surface area contributed by atoms with Crippen LogP contribution in [-0.4, -0.2) is 21.5 Å². The van der Waals surface area contributed by atoms with Gasteiger partial charge in [0, 0.05) is 29.9 Å². The number of aryl methyl sites for hydroxylation is 2. The van der Waals surface area contributed by atoms with Crippen LogP contribution in [0.15, 0.2) is 40.9 Å². The van der Waals surface area contributed by atoms with Crippen LogP contribution in [0.5, 0.6) is 0 Å². The molecule has 1 atom stereocenters. The fourth-order valence-corrected chi connectivity index (χ4v) is 3.60. The van der Waals surface area contributed by atoms with E-state index in [1.807, 2.05) is 38.2 Å². The van der Waals surface area contributed by atoms with Gasteiger partial charge in [0.25, 0.3) is 0 Å². The average molecular weight is 362 g/mol. The van der Waals surface area contributed by atoms with Gasteiger partial charge < -0.3 is 9.32 Å². The van der Waals surface area contributed by atoms with Crippen LogP contribution in [0.3, 0.4) is 0 Å². The van der Waals surface area contributed by atoms with Gasteiger partial charge in [0.1, 0.15) is 17.5 Å². The second-order valence-electron chi connectivity index (χ2n) is 7.58. The molecule has 27 heavy (non-hydrogen) atoms. The molecule has 0 amide bonds. The maximum atomic E-state index is 6.31. The Hall–Kier alpha value is -2.69. The summed E-state index contributed by atoms with van der Waals surface area (Å²) in [5.41, 5.74) is 4.18. The van der Waals surface area contributed by atoms with Crippen molar-refractivity contribution in [3.63, 3.8) is 0 Å². The number of nitrogens with zero attached hydrogens (tertiary/aromatic N) is 4. The molecule has 140 valence electrons.